The molecule has 0 spiro atoms. The van der Waals surface area contributed by atoms with Crippen molar-refractivity contribution in [2.75, 3.05) is 0 Å². The van der Waals surface area contributed by atoms with Gasteiger partial charge < -0.3 is 0 Å². The Balaban J connectivity index is 2.68. The first-order valence-electron chi connectivity index (χ1n) is 5.06. The number of carbonyl (C=O) groups is 1. The summed E-state index contributed by atoms with van der Waals surface area (Å²) in [6.07, 6.45) is 3.50. The highest BCUT2D eigenvalue weighted by Crippen LogP contribution is 2.16. The molecule has 0 aliphatic rings. The number of hydrogen-bond donors (Lipinski definition) is 0. The van der Waals surface area contributed by atoms with Crippen LogP contribution in [0, 0.1) is 0 Å². The van der Waals surface area contributed by atoms with Crippen LogP contribution < -0.4 is 0 Å². The maximum absolute atomic E-state index is 11.6. The second-order valence-corrected chi connectivity index (χ2v) is 6.53. The predicted molar refractivity (Wildman–Crippen MR) is 71.0 cm³/mol. The molecule has 0 aromatic heterocycles. The first kappa shape index (κ1) is 12.9. The molecule has 0 unspecified atom stereocenters. The zero-order chi connectivity index (χ0) is 11.3. The number of rotatable bonds is 5. The van der Waals surface area contributed by atoms with Gasteiger partial charge in [0.1, 0.15) is 3.74 Å². The van der Waals surface area contributed by atoms with Crippen LogP contribution in [0.2, 0.25) is 0 Å². The van der Waals surface area contributed by atoms with Crippen LogP contribution in [-0.2, 0) is 6.42 Å². The third-order valence-electron chi connectivity index (χ3n) is 2.26. The lowest BCUT2D eigenvalue weighted by Gasteiger charge is -2.03. The zero-order valence-corrected chi connectivity index (χ0v) is 11.8. The van der Waals surface area contributed by atoms with Crippen LogP contribution in [0.15, 0.2) is 24.3 Å². The maximum atomic E-state index is 11.6. The lowest BCUT2D eigenvalue weighted by Crippen LogP contribution is -2.06. The highest BCUT2D eigenvalue weighted by atomic mass is 79.9. The molecule has 1 aromatic carbocycles. The SMILES string of the molecule is CCCCc1ccc(C(=O)C(Br)Br)cc1. The Labute approximate surface area is 108 Å². The number of unbranched alkanes of at least 4 members (excludes halogenated alkanes) is 1. The summed E-state index contributed by atoms with van der Waals surface area (Å²) in [6, 6.07) is 7.85. The molecule has 0 saturated heterocycles. The third kappa shape index (κ3) is 4.07. The molecule has 0 aliphatic carbocycles. The molecule has 0 atom stereocenters. The van der Waals surface area contributed by atoms with E-state index in [-0.39, 0.29) is 9.52 Å². The second-order valence-electron chi connectivity index (χ2n) is 3.47. The van der Waals surface area contributed by atoms with E-state index in [1.165, 1.54) is 18.4 Å². The van der Waals surface area contributed by atoms with Crippen molar-refractivity contribution in [1.29, 1.82) is 0 Å². The van der Waals surface area contributed by atoms with Gasteiger partial charge in [0, 0.05) is 5.56 Å². The summed E-state index contributed by atoms with van der Waals surface area (Å²) in [5.41, 5.74) is 2.04. The molecule has 0 amide bonds. The Bertz CT molecular complexity index is 317. The Hall–Kier alpha value is -0.150. The van der Waals surface area contributed by atoms with Gasteiger partial charge in [-0.2, -0.15) is 0 Å². The van der Waals surface area contributed by atoms with Crippen molar-refractivity contribution in [1.82, 2.24) is 0 Å². The lowest BCUT2D eigenvalue weighted by molar-refractivity contribution is 0.101. The fourth-order valence-corrected chi connectivity index (χ4v) is 1.87. The van der Waals surface area contributed by atoms with Gasteiger partial charge in [0.2, 0.25) is 0 Å². The normalized spacial score (nSPS) is 10.7. The number of ketones is 1. The number of aryl methyl sites for hydroxylation is 1. The molecule has 0 heterocycles. The second kappa shape index (κ2) is 6.44. The molecule has 1 aromatic rings. The van der Waals surface area contributed by atoms with E-state index in [0.717, 1.165) is 12.0 Å². The largest absolute Gasteiger partial charge is 0.292 e. The number of Topliss-reactive ketones (excluding diaryl/α,β-unsaturated/α-hetero) is 1. The van der Waals surface area contributed by atoms with Gasteiger partial charge in [0.15, 0.2) is 5.78 Å². The minimum atomic E-state index is -0.286. The van der Waals surface area contributed by atoms with Crippen LogP contribution in [0.1, 0.15) is 35.7 Å². The van der Waals surface area contributed by atoms with Crippen molar-refractivity contribution in [3.63, 3.8) is 0 Å². The number of halogens is 2. The first-order chi connectivity index (χ1) is 7.15. The fraction of sp³-hybridized carbons (Fsp3) is 0.417. The molecule has 0 saturated carbocycles. The Kier molecular flexibility index (Phi) is 5.54. The summed E-state index contributed by atoms with van der Waals surface area (Å²) in [4.78, 5) is 11.6. The van der Waals surface area contributed by atoms with Crippen LogP contribution in [0.25, 0.3) is 0 Å². The molecule has 15 heavy (non-hydrogen) atoms. The van der Waals surface area contributed by atoms with Crippen LogP contribution in [0.3, 0.4) is 0 Å². The summed E-state index contributed by atoms with van der Waals surface area (Å²) in [5.74, 6) is 0.0667. The molecule has 0 fully saturated rings. The van der Waals surface area contributed by atoms with Gasteiger partial charge in [-0.25, -0.2) is 0 Å². The molecule has 0 N–H and O–H groups in total. The highest BCUT2D eigenvalue weighted by Gasteiger charge is 2.12. The van der Waals surface area contributed by atoms with Crippen LogP contribution in [-0.4, -0.2) is 9.52 Å². The van der Waals surface area contributed by atoms with E-state index < -0.39 is 0 Å². The molecule has 0 bridgehead atoms. The quantitative estimate of drug-likeness (QED) is 0.579. The minimum absolute atomic E-state index is 0.0667. The first-order valence-corrected chi connectivity index (χ1v) is 6.89. The topological polar surface area (TPSA) is 17.1 Å². The van der Waals surface area contributed by atoms with Gasteiger partial charge >= 0.3 is 0 Å². The molecule has 1 nitrogen and oxygen atoms in total. The van der Waals surface area contributed by atoms with Crippen molar-refractivity contribution < 1.29 is 4.79 Å². The average molecular weight is 334 g/mol. The van der Waals surface area contributed by atoms with Crippen molar-refractivity contribution in [2.24, 2.45) is 0 Å². The lowest BCUT2D eigenvalue weighted by atomic mass is 10.1. The molecule has 1 rings (SSSR count). The molecule has 82 valence electrons. The molecule has 0 aliphatic heterocycles. The molecular formula is C12H14Br2O. The van der Waals surface area contributed by atoms with E-state index in [1.807, 2.05) is 24.3 Å². The van der Waals surface area contributed by atoms with Crippen molar-refractivity contribution >= 4 is 37.6 Å². The van der Waals surface area contributed by atoms with Gasteiger partial charge in [-0.3, -0.25) is 4.79 Å². The van der Waals surface area contributed by atoms with E-state index in [2.05, 4.69) is 38.8 Å². The van der Waals surface area contributed by atoms with E-state index in [1.54, 1.807) is 0 Å². The van der Waals surface area contributed by atoms with Gasteiger partial charge in [-0.15, -0.1) is 0 Å². The zero-order valence-electron chi connectivity index (χ0n) is 8.67. The van der Waals surface area contributed by atoms with Gasteiger partial charge in [-0.05, 0) is 18.4 Å². The van der Waals surface area contributed by atoms with Gasteiger partial charge in [0.05, 0.1) is 0 Å². The Morgan fingerprint density at radius 3 is 2.33 bits per heavy atom. The van der Waals surface area contributed by atoms with E-state index in [0.29, 0.717) is 0 Å². The van der Waals surface area contributed by atoms with Gasteiger partial charge in [0.25, 0.3) is 0 Å². The Morgan fingerprint density at radius 2 is 1.87 bits per heavy atom. The van der Waals surface area contributed by atoms with Crippen molar-refractivity contribution in [3.8, 4) is 0 Å². The average Bonchev–Trinajstić information content (AvgIpc) is 2.26. The van der Waals surface area contributed by atoms with E-state index in [9.17, 15) is 4.79 Å². The third-order valence-corrected chi connectivity index (χ3v) is 3.09. The number of alkyl halides is 2. The maximum Gasteiger partial charge on any atom is 0.187 e. The standard InChI is InChI=1S/C12H14Br2O/c1-2-3-4-9-5-7-10(8-6-9)11(15)12(13)14/h5-8,12H,2-4H2,1H3. The minimum Gasteiger partial charge on any atom is -0.292 e. The summed E-state index contributed by atoms with van der Waals surface area (Å²) in [6.45, 7) is 2.18. The van der Waals surface area contributed by atoms with Crippen molar-refractivity contribution in [2.45, 2.75) is 29.9 Å². The van der Waals surface area contributed by atoms with Gasteiger partial charge in [-0.1, -0.05) is 69.5 Å². The van der Waals surface area contributed by atoms with E-state index >= 15 is 0 Å². The van der Waals surface area contributed by atoms with E-state index in [4.69, 9.17) is 0 Å². The fourth-order valence-electron chi connectivity index (χ4n) is 1.34. The summed E-state index contributed by atoms with van der Waals surface area (Å²) in [5, 5.41) is 0. The monoisotopic (exact) mass is 332 g/mol. The molecular weight excluding hydrogens is 320 g/mol. The van der Waals surface area contributed by atoms with Crippen LogP contribution in [0.4, 0.5) is 0 Å². The summed E-state index contributed by atoms with van der Waals surface area (Å²) in [7, 11) is 0. The predicted octanol–water partition coefficient (Wildman–Crippen LogP) is 4.33. The molecule has 0 radical (unpaired) electrons. The van der Waals surface area contributed by atoms with Crippen LogP contribution in [0.5, 0.6) is 0 Å². The van der Waals surface area contributed by atoms with Crippen molar-refractivity contribution in [3.05, 3.63) is 35.4 Å². The number of hydrogen-bond acceptors (Lipinski definition) is 1. The number of benzene rings is 1. The van der Waals surface area contributed by atoms with Crippen LogP contribution >= 0.6 is 31.9 Å². The smallest absolute Gasteiger partial charge is 0.187 e. The highest BCUT2D eigenvalue weighted by molar-refractivity contribution is 9.25. The molecule has 3 heteroatoms. The number of carbonyl (C=O) groups excluding carboxylic acids is 1. The summed E-state index contributed by atoms with van der Waals surface area (Å²) < 4.78 is -0.286. The summed E-state index contributed by atoms with van der Waals surface area (Å²) >= 11 is 6.41. The Morgan fingerprint density at radius 1 is 1.27 bits per heavy atom.